The molecule has 136 valence electrons. The minimum absolute atomic E-state index is 0.361. The Kier molecular flexibility index (Phi) is 3.84. The van der Waals surface area contributed by atoms with Gasteiger partial charge in [0.05, 0.1) is 0 Å². The Morgan fingerprint density at radius 3 is 2.26 bits per heavy atom. The van der Waals surface area contributed by atoms with Gasteiger partial charge in [0.1, 0.15) is 7.05 Å². The van der Waals surface area contributed by atoms with Crippen LogP contribution in [0.2, 0.25) is 0 Å². The SMILES string of the molecule is [2H]C1(c2ccc(-c3cc[n+](C)c(-c4ccccc4C)c3)cc2)CC2CC(C2)C1. The van der Waals surface area contributed by atoms with Crippen LogP contribution in [-0.4, -0.2) is 0 Å². The lowest BCUT2D eigenvalue weighted by Crippen LogP contribution is -2.32. The van der Waals surface area contributed by atoms with Gasteiger partial charge in [0, 0.05) is 19.1 Å². The summed E-state index contributed by atoms with van der Waals surface area (Å²) in [5.41, 5.74) is 7.44. The smallest absolute Gasteiger partial charge is 0.201 e. The summed E-state index contributed by atoms with van der Waals surface area (Å²) >= 11 is 0. The Balaban J connectivity index is 1.47. The number of benzene rings is 2. The first-order chi connectivity index (χ1) is 13.5. The van der Waals surface area contributed by atoms with E-state index in [0.29, 0.717) is 0 Å². The van der Waals surface area contributed by atoms with E-state index in [9.17, 15) is 0 Å². The molecule has 3 fully saturated rings. The molecule has 0 atom stereocenters. The molecule has 2 bridgehead atoms. The summed E-state index contributed by atoms with van der Waals surface area (Å²) in [5, 5.41) is 0. The van der Waals surface area contributed by atoms with Crippen molar-refractivity contribution in [1.29, 1.82) is 0 Å². The van der Waals surface area contributed by atoms with Crippen LogP contribution in [0, 0.1) is 18.8 Å². The number of fused-ring (bicyclic) bond motifs is 2. The van der Waals surface area contributed by atoms with Crippen molar-refractivity contribution in [2.24, 2.45) is 18.9 Å². The third-order valence-corrected chi connectivity index (χ3v) is 6.60. The molecule has 3 aliphatic rings. The van der Waals surface area contributed by atoms with Crippen LogP contribution in [0.1, 0.15) is 44.1 Å². The Bertz CT molecular complexity index is 1000. The third kappa shape index (κ3) is 3.10. The molecule has 0 unspecified atom stereocenters. The molecule has 1 aromatic heterocycles. The molecule has 3 aromatic rings. The fourth-order valence-corrected chi connectivity index (χ4v) is 5.00. The molecular weight excluding hydrogens is 326 g/mol. The van der Waals surface area contributed by atoms with Crippen molar-refractivity contribution in [2.45, 2.75) is 38.5 Å². The minimum Gasteiger partial charge on any atom is -0.201 e. The van der Waals surface area contributed by atoms with E-state index in [-0.39, 0.29) is 5.89 Å². The van der Waals surface area contributed by atoms with E-state index in [4.69, 9.17) is 1.37 Å². The number of hydrogen-bond acceptors (Lipinski definition) is 0. The maximum absolute atomic E-state index is 8.99. The molecule has 1 heteroatoms. The number of aryl methyl sites for hydroxylation is 2. The van der Waals surface area contributed by atoms with Gasteiger partial charge in [0.25, 0.3) is 0 Å². The topological polar surface area (TPSA) is 3.88 Å². The number of pyridine rings is 1. The highest BCUT2D eigenvalue weighted by atomic mass is 14.9. The number of rotatable bonds is 3. The second kappa shape index (κ2) is 6.64. The zero-order valence-electron chi connectivity index (χ0n) is 17.3. The second-order valence-corrected chi connectivity index (χ2v) is 8.52. The first kappa shape index (κ1) is 15.6. The third-order valence-electron chi connectivity index (χ3n) is 6.60. The lowest BCUT2D eigenvalue weighted by Gasteiger charge is -2.45. The maximum atomic E-state index is 8.99. The highest BCUT2D eigenvalue weighted by Gasteiger charge is 2.38. The van der Waals surface area contributed by atoms with Crippen LogP contribution in [0.3, 0.4) is 0 Å². The van der Waals surface area contributed by atoms with E-state index >= 15 is 0 Å². The monoisotopic (exact) mass is 355 g/mol. The average Bonchev–Trinajstić information content (AvgIpc) is 2.68. The first-order valence-corrected chi connectivity index (χ1v) is 10.2. The highest BCUT2D eigenvalue weighted by molar-refractivity contribution is 5.70. The van der Waals surface area contributed by atoms with Gasteiger partial charge in [-0.15, -0.1) is 0 Å². The van der Waals surface area contributed by atoms with Crippen molar-refractivity contribution in [2.75, 3.05) is 0 Å². The van der Waals surface area contributed by atoms with E-state index in [1.54, 1.807) is 0 Å². The number of nitrogens with zero attached hydrogens (tertiary/aromatic N) is 1. The molecule has 0 aliphatic heterocycles. The van der Waals surface area contributed by atoms with Gasteiger partial charge in [-0.25, -0.2) is 4.57 Å². The molecule has 6 rings (SSSR count). The van der Waals surface area contributed by atoms with Crippen molar-refractivity contribution in [3.05, 3.63) is 78.0 Å². The quantitative estimate of drug-likeness (QED) is 0.503. The van der Waals surface area contributed by atoms with Crippen LogP contribution in [0.4, 0.5) is 0 Å². The molecule has 0 spiro atoms. The Morgan fingerprint density at radius 1 is 0.852 bits per heavy atom. The highest BCUT2D eigenvalue weighted by Crippen LogP contribution is 2.51. The van der Waals surface area contributed by atoms with E-state index < -0.39 is 0 Å². The molecule has 1 nitrogen and oxygen atoms in total. The Labute approximate surface area is 164 Å². The van der Waals surface area contributed by atoms with Gasteiger partial charge >= 0.3 is 0 Å². The van der Waals surface area contributed by atoms with Gasteiger partial charge in [-0.3, -0.25) is 0 Å². The molecule has 0 N–H and O–H groups in total. The van der Waals surface area contributed by atoms with Crippen molar-refractivity contribution in [3.8, 4) is 22.4 Å². The van der Waals surface area contributed by atoms with Crippen LogP contribution >= 0.6 is 0 Å². The van der Waals surface area contributed by atoms with E-state index in [0.717, 1.165) is 24.7 Å². The normalized spacial score (nSPS) is 27.0. The van der Waals surface area contributed by atoms with E-state index in [1.165, 1.54) is 46.4 Å². The standard InChI is InChI=1S/C26H28N/c1-18-5-3-4-6-25(18)26-17-23(11-12-27(26)2)21-7-9-22(10-8-21)24-15-19-13-20(14-19)16-24/h3-12,17,19-20,24H,13-16H2,1-2H3/q+1/i24D. The van der Waals surface area contributed by atoms with Gasteiger partial charge in [0.15, 0.2) is 6.20 Å². The predicted octanol–water partition coefficient (Wildman–Crippen LogP) is 6.06. The fourth-order valence-electron chi connectivity index (χ4n) is 5.00. The van der Waals surface area contributed by atoms with E-state index in [1.807, 2.05) is 0 Å². The number of aromatic nitrogens is 1. The first-order valence-electron chi connectivity index (χ1n) is 10.7. The minimum atomic E-state index is -0.361. The summed E-state index contributed by atoms with van der Waals surface area (Å²) in [6, 6.07) is 21.8. The van der Waals surface area contributed by atoms with Crippen molar-refractivity contribution in [1.82, 2.24) is 0 Å². The lowest BCUT2D eigenvalue weighted by molar-refractivity contribution is -0.660. The van der Waals surface area contributed by atoms with Crippen LogP contribution in [-0.2, 0) is 7.05 Å². The van der Waals surface area contributed by atoms with Crippen molar-refractivity contribution < 1.29 is 5.94 Å². The Hall–Kier alpha value is -2.41. The van der Waals surface area contributed by atoms with E-state index in [2.05, 4.69) is 85.4 Å². The largest absolute Gasteiger partial charge is 0.213 e. The van der Waals surface area contributed by atoms with Crippen LogP contribution < -0.4 is 4.57 Å². The predicted molar refractivity (Wildman–Crippen MR) is 111 cm³/mol. The molecule has 0 radical (unpaired) electrons. The average molecular weight is 356 g/mol. The molecule has 0 saturated heterocycles. The van der Waals surface area contributed by atoms with Gasteiger partial charge < -0.3 is 0 Å². The van der Waals surface area contributed by atoms with Gasteiger partial charge in [-0.2, -0.15) is 0 Å². The summed E-state index contributed by atoms with van der Waals surface area (Å²) in [7, 11) is 2.10. The number of hydrogen-bond donors (Lipinski definition) is 0. The summed E-state index contributed by atoms with van der Waals surface area (Å²) in [4.78, 5) is 0. The van der Waals surface area contributed by atoms with Gasteiger partial charge in [-0.1, -0.05) is 42.5 Å². The van der Waals surface area contributed by atoms with Crippen molar-refractivity contribution in [3.63, 3.8) is 0 Å². The molecule has 1 heterocycles. The molecule has 27 heavy (non-hydrogen) atoms. The molecule has 3 aliphatic carbocycles. The van der Waals surface area contributed by atoms with Gasteiger partial charge in [0.2, 0.25) is 5.69 Å². The zero-order chi connectivity index (χ0) is 19.3. The Morgan fingerprint density at radius 2 is 1.56 bits per heavy atom. The maximum Gasteiger partial charge on any atom is 0.213 e. The second-order valence-electron chi connectivity index (χ2n) is 8.52. The van der Waals surface area contributed by atoms with Crippen molar-refractivity contribution >= 4 is 0 Å². The molecular formula is C26H28N+. The summed E-state index contributed by atoms with van der Waals surface area (Å²) in [6.45, 7) is 2.17. The summed E-state index contributed by atoms with van der Waals surface area (Å²) in [5.74, 6) is 1.23. The lowest BCUT2D eigenvalue weighted by atomic mass is 9.60. The molecule has 2 aromatic carbocycles. The van der Waals surface area contributed by atoms with Crippen LogP contribution in [0.25, 0.3) is 22.4 Å². The van der Waals surface area contributed by atoms with Gasteiger partial charge in [-0.05, 0) is 78.7 Å². The summed E-state index contributed by atoms with van der Waals surface area (Å²) < 4.78 is 11.2. The zero-order valence-corrected chi connectivity index (χ0v) is 16.3. The van der Waals surface area contributed by atoms with Crippen LogP contribution in [0.5, 0.6) is 0 Å². The van der Waals surface area contributed by atoms with Crippen LogP contribution in [0.15, 0.2) is 66.9 Å². The molecule has 3 saturated carbocycles. The fraction of sp³-hybridized carbons (Fsp3) is 0.346. The summed E-state index contributed by atoms with van der Waals surface area (Å²) in [6.07, 6.45) is 6.96. The molecule has 0 amide bonds.